The molecule has 1 radical (unpaired) electrons. The molecule has 1 heterocycles. The molecule has 11 heavy (non-hydrogen) atoms. The van der Waals surface area contributed by atoms with Gasteiger partial charge in [-0.3, -0.25) is 0 Å². The van der Waals surface area contributed by atoms with E-state index in [1.165, 1.54) is 0 Å². The zero-order valence-electron chi connectivity index (χ0n) is 6.59. The summed E-state index contributed by atoms with van der Waals surface area (Å²) in [6.45, 7) is 4.72. The molecule has 1 N–H and O–H groups in total. The van der Waals surface area contributed by atoms with Crippen LogP contribution in [0.5, 0.6) is 0 Å². The van der Waals surface area contributed by atoms with Gasteiger partial charge in [-0.1, -0.05) is 19.4 Å². The van der Waals surface area contributed by atoms with Gasteiger partial charge < -0.3 is 5.32 Å². The van der Waals surface area contributed by atoms with E-state index in [0.717, 1.165) is 25.2 Å². The molecule has 2 heteroatoms. The molecule has 0 spiro atoms. The monoisotopic (exact) mass is 149 g/mol. The lowest BCUT2D eigenvalue weighted by molar-refractivity contribution is 0.882. The molecule has 2 nitrogen and oxygen atoms in total. The quantitative estimate of drug-likeness (QED) is 0.663. The lowest BCUT2D eigenvalue weighted by atomic mass is 10.3. The highest BCUT2D eigenvalue weighted by Crippen LogP contribution is 1.99. The molecular formula is C9H13N2. The standard InChI is InChI=1S/C9H13N2/c1-2-3-7-10-9-6-4-5-8-11-9/h4-6,8H,1-3,7H2,(H,10,11). The summed E-state index contributed by atoms with van der Waals surface area (Å²) in [6, 6.07) is 5.84. The molecule has 1 aromatic heterocycles. The second-order valence-corrected chi connectivity index (χ2v) is 2.35. The number of rotatable bonds is 4. The highest BCUT2D eigenvalue weighted by Gasteiger charge is 1.87. The second kappa shape index (κ2) is 4.72. The van der Waals surface area contributed by atoms with Crippen LogP contribution in [0.2, 0.25) is 0 Å². The Morgan fingerprint density at radius 3 is 3.00 bits per heavy atom. The molecule has 0 aliphatic rings. The molecule has 0 fully saturated rings. The van der Waals surface area contributed by atoms with Crippen molar-refractivity contribution in [2.75, 3.05) is 11.9 Å². The van der Waals surface area contributed by atoms with E-state index >= 15 is 0 Å². The normalized spacial score (nSPS) is 9.55. The first kappa shape index (κ1) is 8.05. The van der Waals surface area contributed by atoms with Gasteiger partial charge >= 0.3 is 0 Å². The minimum atomic E-state index is 0.945. The minimum Gasteiger partial charge on any atom is -0.370 e. The molecule has 0 amide bonds. The first-order valence-electron chi connectivity index (χ1n) is 3.87. The zero-order valence-corrected chi connectivity index (χ0v) is 6.59. The average Bonchev–Trinajstić information content (AvgIpc) is 2.07. The van der Waals surface area contributed by atoms with Crippen LogP contribution < -0.4 is 5.32 Å². The Balaban J connectivity index is 2.28. The SMILES string of the molecule is [CH2]CCCNc1ccccn1. The van der Waals surface area contributed by atoms with Gasteiger partial charge in [-0.15, -0.1) is 0 Å². The smallest absolute Gasteiger partial charge is 0.125 e. The number of hydrogen-bond acceptors (Lipinski definition) is 2. The Kier molecular flexibility index (Phi) is 3.45. The fourth-order valence-electron chi connectivity index (χ4n) is 0.809. The predicted octanol–water partition coefficient (Wildman–Crippen LogP) is 2.11. The molecule has 1 aromatic rings. The summed E-state index contributed by atoms with van der Waals surface area (Å²) in [5.41, 5.74) is 0. The van der Waals surface area contributed by atoms with E-state index in [0.29, 0.717) is 0 Å². The molecule has 0 aliphatic heterocycles. The topological polar surface area (TPSA) is 24.9 Å². The van der Waals surface area contributed by atoms with Crippen molar-refractivity contribution < 1.29 is 0 Å². The molecule has 0 aliphatic carbocycles. The molecule has 0 bridgehead atoms. The Hall–Kier alpha value is -1.05. The molecule has 1 rings (SSSR count). The third-order valence-corrected chi connectivity index (χ3v) is 1.40. The Labute approximate surface area is 67.7 Å². The van der Waals surface area contributed by atoms with Crippen LogP contribution in [0, 0.1) is 6.92 Å². The van der Waals surface area contributed by atoms with Gasteiger partial charge in [0.25, 0.3) is 0 Å². The van der Waals surface area contributed by atoms with E-state index in [-0.39, 0.29) is 0 Å². The fraction of sp³-hybridized carbons (Fsp3) is 0.333. The van der Waals surface area contributed by atoms with Crippen LogP contribution in [-0.2, 0) is 0 Å². The number of unbranched alkanes of at least 4 members (excludes halogenated alkanes) is 1. The van der Waals surface area contributed by atoms with Crippen LogP contribution in [0.25, 0.3) is 0 Å². The second-order valence-electron chi connectivity index (χ2n) is 2.35. The summed E-state index contributed by atoms with van der Waals surface area (Å²) in [6.07, 6.45) is 3.85. The van der Waals surface area contributed by atoms with Crippen LogP contribution in [0.4, 0.5) is 5.82 Å². The third kappa shape index (κ3) is 3.03. The zero-order chi connectivity index (χ0) is 7.94. The van der Waals surface area contributed by atoms with Crippen molar-refractivity contribution in [2.45, 2.75) is 12.8 Å². The van der Waals surface area contributed by atoms with Crippen LogP contribution in [-0.4, -0.2) is 11.5 Å². The lowest BCUT2D eigenvalue weighted by Crippen LogP contribution is -2.01. The molecular weight excluding hydrogens is 136 g/mol. The van der Waals surface area contributed by atoms with Gasteiger partial charge in [0.1, 0.15) is 5.82 Å². The van der Waals surface area contributed by atoms with Crippen LogP contribution in [0.3, 0.4) is 0 Å². The molecule has 59 valence electrons. The van der Waals surface area contributed by atoms with E-state index in [2.05, 4.69) is 17.2 Å². The van der Waals surface area contributed by atoms with Gasteiger partial charge in [0, 0.05) is 12.7 Å². The third-order valence-electron chi connectivity index (χ3n) is 1.40. The van der Waals surface area contributed by atoms with Gasteiger partial charge in [-0.25, -0.2) is 4.98 Å². The van der Waals surface area contributed by atoms with Crippen molar-refractivity contribution in [3.63, 3.8) is 0 Å². The van der Waals surface area contributed by atoms with Gasteiger partial charge in [0.2, 0.25) is 0 Å². The summed E-state index contributed by atoms with van der Waals surface area (Å²) in [7, 11) is 0. The van der Waals surface area contributed by atoms with Crippen molar-refractivity contribution in [1.29, 1.82) is 0 Å². The lowest BCUT2D eigenvalue weighted by Gasteiger charge is -2.02. The number of nitrogens with zero attached hydrogens (tertiary/aromatic N) is 1. The van der Waals surface area contributed by atoms with Crippen LogP contribution >= 0.6 is 0 Å². The van der Waals surface area contributed by atoms with Gasteiger partial charge in [0.05, 0.1) is 0 Å². The Morgan fingerprint density at radius 1 is 1.45 bits per heavy atom. The molecule has 0 saturated heterocycles. The number of hydrogen-bond donors (Lipinski definition) is 1. The van der Waals surface area contributed by atoms with Crippen molar-refractivity contribution in [3.8, 4) is 0 Å². The molecule has 0 atom stereocenters. The summed E-state index contributed by atoms with van der Waals surface area (Å²) in [5.74, 6) is 0.945. The van der Waals surface area contributed by atoms with E-state index in [9.17, 15) is 0 Å². The van der Waals surface area contributed by atoms with Gasteiger partial charge in [-0.05, 0) is 18.6 Å². The van der Waals surface area contributed by atoms with Crippen LogP contribution in [0.1, 0.15) is 12.8 Å². The summed E-state index contributed by atoms with van der Waals surface area (Å²) in [4.78, 5) is 4.12. The highest BCUT2D eigenvalue weighted by atomic mass is 15.0. The number of nitrogens with one attached hydrogen (secondary N) is 1. The Morgan fingerprint density at radius 2 is 2.36 bits per heavy atom. The van der Waals surface area contributed by atoms with Crippen molar-refractivity contribution >= 4 is 5.82 Å². The Bertz CT molecular complexity index is 184. The van der Waals surface area contributed by atoms with E-state index in [4.69, 9.17) is 0 Å². The molecule has 0 unspecified atom stereocenters. The predicted molar refractivity (Wildman–Crippen MR) is 47.3 cm³/mol. The number of aromatic nitrogens is 1. The molecule has 0 aromatic carbocycles. The summed E-state index contributed by atoms with van der Waals surface area (Å²) < 4.78 is 0. The first-order chi connectivity index (χ1) is 5.43. The van der Waals surface area contributed by atoms with E-state index in [1.54, 1.807) is 6.20 Å². The maximum atomic E-state index is 4.12. The largest absolute Gasteiger partial charge is 0.370 e. The molecule has 0 saturated carbocycles. The van der Waals surface area contributed by atoms with E-state index in [1.807, 2.05) is 18.2 Å². The summed E-state index contributed by atoms with van der Waals surface area (Å²) in [5, 5.41) is 3.19. The highest BCUT2D eigenvalue weighted by molar-refractivity contribution is 5.32. The van der Waals surface area contributed by atoms with Gasteiger partial charge in [0.15, 0.2) is 0 Å². The summed E-state index contributed by atoms with van der Waals surface area (Å²) >= 11 is 0. The number of pyridine rings is 1. The first-order valence-corrected chi connectivity index (χ1v) is 3.87. The van der Waals surface area contributed by atoms with Crippen molar-refractivity contribution in [1.82, 2.24) is 4.98 Å². The van der Waals surface area contributed by atoms with E-state index < -0.39 is 0 Å². The van der Waals surface area contributed by atoms with Crippen LogP contribution in [0.15, 0.2) is 24.4 Å². The maximum Gasteiger partial charge on any atom is 0.125 e. The minimum absolute atomic E-state index is 0.945. The fourth-order valence-corrected chi connectivity index (χ4v) is 0.809. The average molecular weight is 149 g/mol. The van der Waals surface area contributed by atoms with Crippen molar-refractivity contribution in [3.05, 3.63) is 31.3 Å². The maximum absolute atomic E-state index is 4.12. The number of anilines is 1. The van der Waals surface area contributed by atoms with Crippen molar-refractivity contribution in [2.24, 2.45) is 0 Å². The van der Waals surface area contributed by atoms with Gasteiger partial charge in [-0.2, -0.15) is 0 Å².